The van der Waals surface area contributed by atoms with E-state index in [0.717, 1.165) is 37.8 Å². The number of carbonyl (C=O) groups excluding carboxylic acids is 1. The van der Waals surface area contributed by atoms with Crippen molar-refractivity contribution in [3.05, 3.63) is 35.4 Å². The molecule has 1 aromatic carbocycles. The van der Waals surface area contributed by atoms with Crippen molar-refractivity contribution < 1.29 is 18.0 Å². The number of alkyl halides is 3. The van der Waals surface area contributed by atoms with E-state index in [1.807, 2.05) is 14.1 Å². The van der Waals surface area contributed by atoms with Gasteiger partial charge in [0, 0.05) is 17.6 Å². The van der Waals surface area contributed by atoms with Crippen molar-refractivity contribution in [2.45, 2.75) is 43.9 Å². The van der Waals surface area contributed by atoms with Gasteiger partial charge < -0.3 is 10.2 Å². The van der Waals surface area contributed by atoms with E-state index in [-0.39, 0.29) is 17.6 Å². The summed E-state index contributed by atoms with van der Waals surface area (Å²) >= 11 is 0. The van der Waals surface area contributed by atoms with E-state index in [1.54, 1.807) is 0 Å². The predicted molar refractivity (Wildman–Crippen MR) is 78.6 cm³/mol. The summed E-state index contributed by atoms with van der Waals surface area (Å²) in [6, 6.07) is 4.76. The molecule has 0 heterocycles. The maximum Gasteiger partial charge on any atom is 0.416 e. The topological polar surface area (TPSA) is 32.3 Å². The summed E-state index contributed by atoms with van der Waals surface area (Å²) in [7, 11) is 3.92. The lowest BCUT2D eigenvalue weighted by Gasteiger charge is -2.36. The highest BCUT2D eigenvalue weighted by Gasteiger charge is 2.32. The SMILES string of the molecule is CN(C)C1CCCCC1NC(=O)c1cccc(C(F)(F)F)c1. The number of hydrogen-bond acceptors (Lipinski definition) is 2. The van der Waals surface area contributed by atoms with Crippen LogP contribution in [0.25, 0.3) is 0 Å². The second-order valence-corrected chi connectivity index (χ2v) is 5.97. The minimum Gasteiger partial charge on any atom is -0.348 e. The first kappa shape index (κ1) is 16.8. The molecule has 1 amide bonds. The van der Waals surface area contributed by atoms with E-state index in [9.17, 15) is 18.0 Å². The Morgan fingerprint density at radius 2 is 1.91 bits per heavy atom. The Morgan fingerprint density at radius 1 is 1.23 bits per heavy atom. The highest BCUT2D eigenvalue weighted by atomic mass is 19.4. The number of halogens is 3. The molecule has 0 aliphatic heterocycles. The molecule has 0 aromatic heterocycles. The van der Waals surface area contributed by atoms with Crippen LogP contribution in [0.5, 0.6) is 0 Å². The van der Waals surface area contributed by atoms with E-state index in [4.69, 9.17) is 0 Å². The molecule has 0 bridgehead atoms. The van der Waals surface area contributed by atoms with Crippen LogP contribution in [-0.4, -0.2) is 37.0 Å². The molecule has 2 unspecified atom stereocenters. The Bertz CT molecular complexity index is 528. The van der Waals surface area contributed by atoms with Gasteiger partial charge in [-0.1, -0.05) is 18.9 Å². The molecule has 0 radical (unpaired) electrons. The molecule has 1 aromatic rings. The van der Waals surface area contributed by atoms with Gasteiger partial charge in [-0.25, -0.2) is 0 Å². The third-order valence-corrected chi connectivity index (χ3v) is 4.16. The molecule has 1 aliphatic carbocycles. The van der Waals surface area contributed by atoms with E-state index >= 15 is 0 Å². The Hall–Kier alpha value is -1.56. The molecule has 3 nitrogen and oxygen atoms in total. The molecule has 0 spiro atoms. The summed E-state index contributed by atoms with van der Waals surface area (Å²) in [6.07, 6.45) is -0.460. The largest absolute Gasteiger partial charge is 0.416 e. The van der Waals surface area contributed by atoms with Crippen molar-refractivity contribution in [1.82, 2.24) is 10.2 Å². The molecular formula is C16H21F3N2O. The Kier molecular flexibility index (Phi) is 5.11. The van der Waals surface area contributed by atoms with E-state index in [2.05, 4.69) is 10.2 Å². The molecule has 2 atom stereocenters. The van der Waals surface area contributed by atoms with E-state index < -0.39 is 17.6 Å². The summed E-state index contributed by atoms with van der Waals surface area (Å²) in [4.78, 5) is 14.3. The molecule has 2 rings (SSSR count). The van der Waals surface area contributed by atoms with Crippen LogP contribution >= 0.6 is 0 Å². The van der Waals surface area contributed by atoms with Crippen LogP contribution in [0.15, 0.2) is 24.3 Å². The number of nitrogens with zero attached hydrogens (tertiary/aromatic N) is 1. The van der Waals surface area contributed by atoms with Crippen LogP contribution in [0, 0.1) is 0 Å². The second kappa shape index (κ2) is 6.69. The standard InChI is InChI=1S/C16H21F3N2O/c1-21(2)14-9-4-3-8-13(14)20-15(22)11-6-5-7-12(10-11)16(17,18)19/h5-7,10,13-14H,3-4,8-9H2,1-2H3,(H,20,22). The zero-order valence-corrected chi connectivity index (χ0v) is 12.8. The normalized spacial score (nSPS) is 22.6. The zero-order valence-electron chi connectivity index (χ0n) is 12.8. The first-order valence-electron chi connectivity index (χ1n) is 7.43. The average molecular weight is 314 g/mol. The molecule has 1 N–H and O–H groups in total. The quantitative estimate of drug-likeness (QED) is 0.928. The van der Waals surface area contributed by atoms with Crippen molar-refractivity contribution in [2.24, 2.45) is 0 Å². The van der Waals surface area contributed by atoms with Crippen molar-refractivity contribution in [1.29, 1.82) is 0 Å². The maximum absolute atomic E-state index is 12.7. The van der Waals surface area contributed by atoms with Crippen LogP contribution in [0.2, 0.25) is 0 Å². The maximum atomic E-state index is 12.7. The highest BCUT2D eigenvalue weighted by Crippen LogP contribution is 2.29. The first-order chi connectivity index (χ1) is 10.3. The van der Waals surface area contributed by atoms with Crippen molar-refractivity contribution in [3.8, 4) is 0 Å². The summed E-state index contributed by atoms with van der Waals surface area (Å²) in [5, 5.41) is 2.90. The van der Waals surface area contributed by atoms with Gasteiger partial charge >= 0.3 is 6.18 Å². The van der Waals surface area contributed by atoms with Crippen LogP contribution in [0.3, 0.4) is 0 Å². The number of carbonyl (C=O) groups is 1. The second-order valence-electron chi connectivity index (χ2n) is 5.97. The van der Waals surface area contributed by atoms with Crippen molar-refractivity contribution in [2.75, 3.05) is 14.1 Å². The Balaban J connectivity index is 2.11. The zero-order chi connectivity index (χ0) is 16.3. The predicted octanol–water partition coefficient (Wildman–Crippen LogP) is 3.31. The van der Waals surface area contributed by atoms with Gasteiger partial charge in [-0.3, -0.25) is 4.79 Å². The third kappa shape index (κ3) is 4.00. The lowest BCUT2D eigenvalue weighted by atomic mass is 9.89. The van der Waals surface area contributed by atoms with Gasteiger partial charge in [0.2, 0.25) is 0 Å². The van der Waals surface area contributed by atoms with Gasteiger partial charge in [-0.05, 0) is 45.1 Å². The molecule has 0 saturated heterocycles. The van der Waals surface area contributed by atoms with E-state index in [1.165, 1.54) is 12.1 Å². The number of likely N-dealkylation sites (N-methyl/N-ethyl adjacent to an activating group) is 1. The first-order valence-corrected chi connectivity index (χ1v) is 7.43. The number of hydrogen-bond donors (Lipinski definition) is 1. The van der Waals surface area contributed by atoms with Crippen LogP contribution in [-0.2, 0) is 6.18 Å². The molecule has 6 heteroatoms. The molecule has 1 fully saturated rings. The smallest absolute Gasteiger partial charge is 0.348 e. The fourth-order valence-electron chi connectivity index (χ4n) is 2.99. The third-order valence-electron chi connectivity index (χ3n) is 4.16. The molecule has 1 saturated carbocycles. The molecule has 1 aliphatic rings. The van der Waals surface area contributed by atoms with Gasteiger partial charge in [-0.2, -0.15) is 13.2 Å². The molecule has 22 heavy (non-hydrogen) atoms. The van der Waals surface area contributed by atoms with Gasteiger partial charge in [0.1, 0.15) is 0 Å². The number of benzene rings is 1. The molecular weight excluding hydrogens is 293 g/mol. The van der Waals surface area contributed by atoms with Crippen LogP contribution in [0.1, 0.15) is 41.6 Å². The van der Waals surface area contributed by atoms with E-state index in [0.29, 0.717) is 0 Å². The molecule has 122 valence electrons. The Morgan fingerprint density at radius 3 is 2.55 bits per heavy atom. The van der Waals surface area contributed by atoms with Crippen LogP contribution in [0.4, 0.5) is 13.2 Å². The lowest BCUT2D eigenvalue weighted by molar-refractivity contribution is -0.137. The average Bonchev–Trinajstić information content (AvgIpc) is 2.47. The monoisotopic (exact) mass is 314 g/mol. The summed E-state index contributed by atoms with van der Waals surface area (Å²) in [5.41, 5.74) is -0.745. The van der Waals surface area contributed by atoms with Gasteiger partial charge in [0.05, 0.1) is 5.56 Å². The van der Waals surface area contributed by atoms with Crippen LogP contribution < -0.4 is 5.32 Å². The Labute approximate surface area is 128 Å². The van der Waals surface area contributed by atoms with Gasteiger partial charge in [0.25, 0.3) is 5.91 Å². The summed E-state index contributed by atoms with van der Waals surface area (Å²) < 4.78 is 38.2. The highest BCUT2D eigenvalue weighted by molar-refractivity contribution is 5.94. The van der Waals surface area contributed by atoms with Crippen molar-refractivity contribution in [3.63, 3.8) is 0 Å². The minimum absolute atomic E-state index is 0.0224. The summed E-state index contributed by atoms with van der Waals surface area (Å²) in [5.74, 6) is -0.440. The number of nitrogens with one attached hydrogen (secondary N) is 1. The fourth-order valence-corrected chi connectivity index (χ4v) is 2.99. The summed E-state index contributed by atoms with van der Waals surface area (Å²) in [6.45, 7) is 0. The lowest BCUT2D eigenvalue weighted by Crippen LogP contribution is -2.51. The number of amides is 1. The number of rotatable bonds is 3. The fraction of sp³-hybridized carbons (Fsp3) is 0.562. The van der Waals surface area contributed by atoms with Gasteiger partial charge in [-0.15, -0.1) is 0 Å². The minimum atomic E-state index is -4.44. The van der Waals surface area contributed by atoms with Gasteiger partial charge in [0.15, 0.2) is 0 Å². The van der Waals surface area contributed by atoms with Crippen molar-refractivity contribution >= 4 is 5.91 Å².